The van der Waals surface area contributed by atoms with Crippen LogP contribution in [-0.2, 0) is 0 Å². The van der Waals surface area contributed by atoms with Crippen molar-refractivity contribution in [2.75, 3.05) is 0 Å². The van der Waals surface area contributed by atoms with Gasteiger partial charge < -0.3 is 0 Å². The highest BCUT2D eigenvalue weighted by atomic mass is 35.5. The van der Waals surface area contributed by atoms with Gasteiger partial charge >= 0.3 is 0 Å². The van der Waals surface area contributed by atoms with Crippen LogP contribution < -0.4 is 0 Å². The molecule has 0 aliphatic carbocycles. The third-order valence-electron chi connectivity index (χ3n) is 1.12. The third-order valence-corrected chi connectivity index (χ3v) is 1.34. The molecule has 0 N–H and O–H groups in total. The van der Waals surface area contributed by atoms with E-state index in [1.165, 1.54) is 0 Å². The third kappa shape index (κ3) is 2.87. The molecular weight excluding hydrogens is 185 g/mol. The summed E-state index contributed by atoms with van der Waals surface area (Å²) >= 11 is 5.21. The zero-order valence-corrected chi connectivity index (χ0v) is 7.45. The second-order valence-electron chi connectivity index (χ2n) is 1.96. The molecule has 60 valence electrons. The number of hydrogen-bond donors (Lipinski definition) is 0. The van der Waals surface area contributed by atoms with E-state index in [1.54, 1.807) is 18.3 Å². The van der Waals surface area contributed by atoms with E-state index in [0.717, 1.165) is 5.69 Å². The van der Waals surface area contributed by atoms with Crippen molar-refractivity contribution in [1.82, 2.24) is 4.98 Å². The zero-order chi connectivity index (χ0) is 7.56. The Labute approximate surface area is 76.0 Å². The van der Waals surface area contributed by atoms with Crippen LogP contribution in [0.15, 0.2) is 18.3 Å². The van der Waals surface area contributed by atoms with Crippen molar-refractivity contribution >= 4 is 29.3 Å². The molecule has 0 unspecified atom stereocenters. The fourth-order valence-electron chi connectivity index (χ4n) is 0.668. The molecule has 0 saturated heterocycles. The Kier molecular flexibility index (Phi) is 4.08. The first kappa shape index (κ1) is 10.4. The van der Waals surface area contributed by atoms with E-state index in [0.29, 0.717) is 5.56 Å². The van der Waals surface area contributed by atoms with E-state index < -0.39 is 5.24 Å². The first-order valence-electron chi connectivity index (χ1n) is 2.82. The molecule has 0 saturated carbocycles. The maximum Gasteiger partial charge on any atom is 0.252 e. The van der Waals surface area contributed by atoms with Gasteiger partial charge in [-0.1, -0.05) is 0 Å². The molecule has 0 bridgehead atoms. The SMILES string of the molecule is Cc1cc(C(=O)Cl)ccn1.Cl. The second-order valence-corrected chi connectivity index (χ2v) is 2.30. The Hall–Kier alpha value is -0.600. The number of carbonyl (C=O) groups excluding carboxylic acids is 1. The summed E-state index contributed by atoms with van der Waals surface area (Å²) in [6.07, 6.45) is 1.56. The summed E-state index contributed by atoms with van der Waals surface area (Å²) in [6.45, 7) is 1.81. The van der Waals surface area contributed by atoms with Gasteiger partial charge in [-0.3, -0.25) is 9.78 Å². The van der Waals surface area contributed by atoms with Gasteiger partial charge in [-0.05, 0) is 30.7 Å². The molecule has 1 aromatic heterocycles. The summed E-state index contributed by atoms with van der Waals surface area (Å²) in [5.74, 6) is 0. The number of carbonyl (C=O) groups is 1. The lowest BCUT2D eigenvalue weighted by atomic mass is 10.2. The summed E-state index contributed by atoms with van der Waals surface area (Å²) in [5.41, 5.74) is 1.29. The Bertz CT molecular complexity index is 262. The summed E-state index contributed by atoms with van der Waals surface area (Å²) in [6, 6.07) is 3.23. The lowest BCUT2D eigenvalue weighted by molar-refractivity contribution is 0.108. The Morgan fingerprint density at radius 1 is 1.64 bits per heavy atom. The van der Waals surface area contributed by atoms with Gasteiger partial charge in [-0.2, -0.15) is 0 Å². The van der Waals surface area contributed by atoms with E-state index in [9.17, 15) is 4.79 Å². The molecule has 0 amide bonds. The highest BCUT2D eigenvalue weighted by molar-refractivity contribution is 6.67. The van der Waals surface area contributed by atoms with Gasteiger partial charge in [0.25, 0.3) is 5.24 Å². The molecule has 0 radical (unpaired) electrons. The van der Waals surface area contributed by atoms with Crippen molar-refractivity contribution in [2.45, 2.75) is 6.92 Å². The number of aromatic nitrogens is 1. The molecule has 1 aromatic rings. The minimum Gasteiger partial charge on any atom is -0.276 e. The first-order valence-corrected chi connectivity index (χ1v) is 3.20. The van der Waals surface area contributed by atoms with Crippen molar-refractivity contribution < 1.29 is 4.79 Å². The largest absolute Gasteiger partial charge is 0.276 e. The van der Waals surface area contributed by atoms with Crippen molar-refractivity contribution in [3.05, 3.63) is 29.6 Å². The van der Waals surface area contributed by atoms with Gasteiger partial charge in [-0.15, -0.1) is 12.4 Å². The summed E-state index contributed by atoms with van der Waals surface area (Å²) in [4.78, 5) is 14.4. The number of pyridine rings is 1. The fraction of sp³-hybridized carbons (Fsp3) is 0.143. The zero-order valence-electron chi connectivity index (χ0n) is 5.87. The van der Waals surface area contributed by atoms with Crippen molar-refractivity contribution in [2.24, 2.45) is 0 Å². The van der Waals surface area contributed by atoms with E-state index >= 15 is 0 Å². The van der Waals surface area contributed by atoms with Crippen LogP contribution in [0.1, 0.15) is 16.1 Å². The van der Waals surface area contributed by atoms with Crippen LogP contribution in [-0.4, -0.2) is 10.2 Å². The molecule has 1 rings (SSSR count). The molecular formula is C7H7Cl2NO. The maximum absolute atomic E-state index is 10.5. The Morgan fingerprint density at radius 2 is 2.27 bits per heavy atom. The average Bonchev–Trinajstić information content (AvgIpc) is 1.88. The number of hydrogen-bond acceptors (Lipinski definition) is 2. The van der Waals surface area contributed by atoms with Gasteiger partial charge in [0.15, 0.2) is 0 Å². The normalized spacial score (nSPS) is 8.55. The smallest absolute Gasteiger partial charge is 0.252 e. The van der Waals surface area contributed by atoms with Gasteiger partial charge in [0.2, 0.25) is 0 Å². The molecule has 2 nitrogen and oxygen atoms in total. The van der Waals surface area contributed by atoms with E-state index in [-0.39, 0.29) is 12.4 Å². The van der Waals surface area contributed by atoms with E-state index in [4.69, 9.17) is 11.6 Å². The summed E-state index contributed by atoms with van der Waals surface area (Å²) in [7, 11) is 0. The average molecular weight is 192 g/mol. The molecule has 4 heteroatoms. The number of aryl methyl sites for hydroxylation is 1. The monoisotopic (exact) mass is 191 g/mol. The summed E-state index contributed by atoms with van der Waals surface area (Å²) < 4.78 is 0. The molecule has 11 heavy (non-hydrogen) atoms. The Balaban J connectivity index is 0.000001000. The first-order chi connectivity index (χ1) is 4.70. The Morgan fingerprint density at radius 3 is 2.64 bits per heavy atom. The molecule has 0 spiro atoms. The molecule has 0 aliphatic rings. The maximum atomic E-state index is 10.5. The second kappa shape index (κ2) is 4.31. The molecule has 0 atom stereocenters. The molecule has 0 aromatic carbocycles. The minimum absolute atomic E-state index is 0. The van der Waals surface area contributed by atoms with Crippen molar-refractivity contribution in [3.8, 4) is 0 Å². The van der Waals surface area contributed by atoms with Crippen LogP contribution >= 0.6 is 24.0 Å². The van der Waals surface area contributed by atoms with Crippen molar-refractivity contribution in [1.29, 1.82) is 0 Å². The van der Waals surface area contributed by atoms with Gasteiger partial charge in [0.1, 0.15) is 0 Å². The molecule has 0 aliphatic heterocycles. The lowest BCUT2D eigenvalue weighted by Gasteiger charge is -1.92. The fourth-order valence-corrected chi connectivity index (χ4v) is 0.785. The quantitative estimate of drug-likeness (QED) is 0.638. The van der Waals surface area contributed by atoms with Crippen molar-refractivity contribution in [3.63, 3.8) is 0 Å². The van der Waals surface area contributed by atoms with Crippen LogP contribution in [0.5, 0.6) is 0 Å². The number of rotatable bonds is 1. The topological polar surface area (TPSA) is 30.0 Å². The highest BCUT2D eigenvalue weighted by Gasteiger charge is 1.99. The van der Waals surface area contributed by atoms with Crippen LogP contribution in [0, 0.1) is 6.92 Å². The van der Waals surface area contributed by atoms with E-state index in [2.05, 4.69) is 4.98 Å². The van der Waals surface area contributed by atoms with Crippen LogP contribution in [0.2, 0.25) is 0 Å². The van der Waals surface area contributed by atoms with Crippen LogP contribution in [0.25, 0.3) is 0 Å². The highest BCUT2D eigenvalue weighted by Crippen LogP contribution is 2.03. The molecule has 1 heterocycles. The number of halogens is 2. The van der Waals surface area contributed by atoms with Crippen LogP contribution in [0.3, 0.4) is 0 Å². The minimum atomic E-state index is -0.439. The van der Waals surface area contributed by atoms with Gasteiger partial charge in [0, 0.05) is 17.5 Å². The summed E-state index contributed by atoms with van der Waals surface area (Å²) in [5, 5.41) is -0.439. The standard InChI is InChI=1S/C7H6ClNO.ClH/c1-5-4-6(7(8)10)2-3-9-5;/h2-4H,1H3;1H. The molecule has 0 fully saturated rings. The van der Waals surface area contributed by atoms with Crippen LogP contribution in [0.4, 0.5) is 0 Å². The predicted octanol–water partition coefficient (Wildman–Crippen LogP) is 2.19. The van der Waals surface area contributed by atoms with E-state index in [1.807, 2.05) is 6.92 Å². The lowest BCUT2D eigenvalue weighted by Crippen LogP contribution is -1.90. The number of nitrogens with zero attached hydrogens (tertiary/aromatic N) is 1. The van der Waals surface area contributed by atoms with Gasteiger partial charge in [0.05, 0.1) is 0 Å². The van der Waals surface area contributed by atoms with Gasteiger partial charge in [-0.25, -0.2) is 0 Å². The predicted molar refractivity (Wildman–Crippen MR) is 46.4 cm³/mol.